The minimum absolute atomic E-state index is 0.265. The smallest absolute Gasteiger partial charge is 0.123 e. The van der Waals surface area contributed by atoms with Crippen molar-refractivity contribution in [3.8, 4) is 33.8 Å². The van der Waals surface area contributed by atoms with Gasteiger partial charge in [0.2, 0.25) is 0 Å². The molecule has 0 spiro atoms. The summed E-state index contributed by atoms with van der Waals surface area (Å²) < 4.78 is 5.66. The van der Waals surface area contributed by atoms with Crippen LogP contribution in [-0.2, 0) is 6.42 Å². The molecule has 2 aromatic heterocycles. The summed E-state index contributed by atoms with van der Waals surface area (Å²) in [5, 5.41) is 10.7. The number of hydrogen-bond donors (Lipinski definition) is 1. The van der Waals surface area contributed by atoms with Crippen LogP contribution in [0.1, 0.15) is 11.1 Å². The summed E-state index contributed by atoms with van der Waals surface area (Å²) >= 11 is 0. The third-order valence-electron chi connectivity index (χ3n) is 4.84. The Kier molecular flexibility index (Phi) is 5.02. The molecule has 0 atom stereocenters. The number of ether oxygens (including phenoxy) is 1. The van der Waals surface area contributed by atoms with E-state index in [1.54, 1.807) is 38.0 Å². The number of phenols is 1. The van der Waals surface area contributed by atoms with Gasteiger partial charge in [0.25, 0.3) is 0 Å². The first kappa shape index (κ1) is 17.7. The van der Waals surface area contributed by atoms with Gasteiger partial charge in [-0.3, -0.25) is 9.97 Å². The molecule has 4 aromatic rings. The van der Waals surface area contributed by atoms with Crippen LogP contribution in [0.4, 0.5) is 0 Å². The lowest BCUT2D eigenvalue weighted by Gasteiger charge is -2.17. The van der Waals surface area contributed by atoms with E-state index in [1.165, 1.54) is 0 Å². The first-order valence-electron chi connectivity index (χ1n) is 9.05. The van der Waals surface area contributed by atoms with E-state index in [9.17, 15) is 5.11 Å². The number of phenolic OH excluding ortho intramolecular Hbond substituents is 1. The Morgan fingerprint density at radius 3 is 1.82 bits per heavy atom. The number of aromatic hydroxyl groups is 1. The van der Waals surface area contributed by atoms with Crippen LogP contribution >= 0.6 is 0 Å². The van der Waals surface area contributed by atoms with Crippen molar-refractivity contribution in [2.75, 3.05) is 7.11 Å². The molecule has 1 N–H and O–H groups in total. The second-order valence-corrected chi connectivity index (χ2v) is 6.44. The number of pyridine rings is 2. The highest BCUT2D eigenvalue weighted by Crippen LogP contribution is 2.37. The third kappa shape index (κ3) is 3.45. The van der Waals surface area contributed by atoms with Gasteiger partial charge in [-0.15, -0.1) is 0 Å². The van der Waals surface area contributed by atoms with Crippen molar-refractivity contribution >= 4 is 0 Å². The van der Waals surface area contributed by atoms with Crippen LogP contribution in [0.3, 0.4) is 0 Å². The van der Waals surface area contributed by atoms with Crippen molar-refractivity contribution in [3.63, 3.8) is 0 Å². The quantitative estimate of drug-likeness (QED) is 0.531. The van der Waals surface area contributed by atoms with Gasteiger partial charge in [-0.05, 0) is 58.7 Å². The molecule has 0 radical (unpaired) electrons. The number of aromatic nitrogens is 2. The van der Waals surface area contributed by atoms with E-state index in [1.807, 2.05) is 48.5 Å². The van der Waals surface area contributed by atoms with Crippen LogP contribution in [0.25, 0.3) is 22.3 Å². The Hall–Kier alpha value is -3.66. The second kappa shape index (κ2) is 7.92. The van der Waals surface area contributed by atoms with E-state index >= 15 is 0 Å². The van der Waals surface area contributed by atoms with E-state index in [0.717, 1.165) is 39.1 Å². The second-order valence-electron chi connectivity index (χ2n) is 6.44. The summed E-state index contributed by atoms with van der Waals surface area (Å²) in [4.78, 5) is 8.22. The Morgan fingerprint density at radius 1 is 0.714 bits per heavy atom. The maximum atomic E-state index is 10.7. The summed E-state index contributed by atoms with van der Waals surface area (Å²) in [5.74, 6) is 1.05. The molecule has 2 heterocycles. The first-order chi connectivity index (χ1) is 13.8. The molecule has 4 heteroatoms. The highest BCUT2D eigenvalue weighted by molar-refractivity contribution is 5.74. The van der Waals surface area contributed by atoms with Crippen LogP contribution in [0.5, 0.6) is 11.5 Å². The molecule has 28 heavy (non-hydrogen) atoms. The summed E-state index contributed by atoms with van der Waals surface area (Å²) in [7, 11) is 1.67. The molecule has 0 amide bonds. The molecular weight excluding hydrogens is 348 g/mol. The standard InChI is InChI=1S/C24H20N2O2/c1-28-24-7-3-5-20(18-10-14-26-15-11-18)22(24)16-21-19(4-2-6-23(21)27)17-8-12-25-13-9-17/h2-15,27H,16H2,1H3. The van der Waals surface area contributed by atoms with Crippen LogP contribution in [0.15, 0.2) is 85.5 Å². The number of nitrogens with zero attached hydrogens (tertiary/aromatic N) is 2. The number of rotatable bonds is 5. The van der Waals surface area contributed by atoms with Crippen molar-refractivity contribution in [2.24, 2.45) is 0 Å². The van der Waals surface area contributed by atoms with Crippen molar-refractivity contribution in [2.45, 2.75) is 6.42 Å². The zero-order valence-electron chi connectivity index (χ0n) is 15.5. The molecule has 138 valence electrons. The molecule has 0 unspecified atom stereocenters. The number of benzene rings is 2. The molecule has 0 fully saturated rings. The summed E-state index contributed by atoms with van der Waals surface area (Å²) in [5.41, 5.74) is 5.99. The SMILES string of the molecule is COc1cccc(-c2ccncc2)c1Cc1c(O)cccc1-c1ccncc1. The molecule has 0 aliphatic rings. The maximum Gasteiger partial charge on any atom is 0.123 e. The summed E-state index contributed by atoms with van der Waals surface area (Å²) in [6.45, 7) is 0. The fourth-order valence-corrected chi connectivity index (χ4v) is 3.48. The fourth-order valence-electron chi connectivity index (χ4n) is 3.48. The van der Waals surface area contributed by atoms with Gasteiger partial charge < -0.3 is 9.84 Å². The van der Waals surface area contributed by atoms with Gasteiger partial charge >= 0.3 is 0 Å². The fraction of sp³-hybridized carbons (Fsp3) is 0.0833. The predicted octanol–water partition coefficient (Wildman–Crippen LogP) is 5.12. The Balaban J connectivity index is 1.87. The Labute approximate surface area is 164 Å². The maximum absolute atomic E-state index is 10.7. The number of hydrogen-bond acceptors (Lipinski definition) is 4. The van der Waals surface area contributed by atoms with Crippen LogP contribution < -0.4 is 4.74 Å². The molecule has 0 bridgehead atoms. The summed E-state index contributed by atoms with van der Waals surface area (Å²) in [6, 6.07) is 19.5. The minimum Gasteiger partial charge on any atom is -0.508 e. The minimum atomic E-state index is 0.265. The third-order valence-corrected chi connectivity index (χ3v) is 4.84. The molecule has 4 rings (SSSR count). The average molecular weight is 368 g/mol. The molecule has 2 aromatic carbocycles. The van der Waals surface area contributed by atoms with Crippen molar-refractivity contribution in [1.29, 1.82) is 0 Å². The normalized spacial score (nSPS) is 10.6. The van der Waals surface area contributed by atoms with Gasteiger partial charge in [-0.25, -0.2) is 0 Å². The van der Waals surface area contributed by atoms with E-state index < -0.39 is 0 Å². The van der Waals surface area contributed by atoms with Gasteiger partial charge in [0.15, 0.2) is 0 Å². The zero-order valence-corrected chi connectivity index (χ0v) is 15.5. The molecular formula is C24H20N2O2. The van der Waals surface area contributed by atoms with Gasteiger partial charge in [-0.1, -0.05) is 24.3 Å². The van der Waals surface area contributed by atoms with Gasteiger partial charge in [0.1, 0.15) is 11.5 Å². The first-order valence-corrected chi connectivity index (χ1v) is 9.05. The van der Waals surface area contributed by atoms with E-state index in [4.69, 9.17) is 4.74 Å². The zero-order chi connectivity index (χ0) is 19.3. The highest BCUT2D eigenvalue weighted by atomic mass is 16.5. The molecule has 0 aliphatic carbocycles. The van der Waals surface area contributed by atoms with Crippen molar-refractivity contribution in [3.05, 3.63) is 96.6 Å². The van der Waals surface area contributed by atoms with Gasteiger partial charge in [0, 0.05) is 42.3 Å². The largest absolute Gasteiger partial charge is 0.508 e. The van der Waals surface area contributed by atoms with E-state index in [2.05, 4.69) is 16.0 Å². The molecule has 0 saturated heterocycles. The van der Waals surface area contributed by atoms with Gasteiger partial charge in [0.05, 0.1) is 7.11 Å². The topological polar surface area (TPSA) is 55.2 Å². The molecule has 4 nitrogen and oxygen atoms in total. The Bertz CT molecular complexity index is 1080. The van der Waals surface area contributed by atoms with Crippen molar-refractivity contribution in [1.82, 2.24) is 9.97 Å². The van der Waals surface area contributed by atoms with Crippen molar-refractivity contribution < 1.29 is 9.84 Å². The Morgan fingerprint density at radius 2 is 1.25 bits per heavy atom. The highest BCUT2D eigenvalue weighted by Gasteiger charge is 2.17. The molecule has 0 saturated carbocycles. The van der Waals surface area contributed by atoms with Gasteiger partial charge in [-0.2, -0.15) is 0 Å². The lowest BCUT2D eigenvalue weighted by molar-refractivity contribution is 0.410. The monoisotopic (exact) mass is 368 g/mol. The average Bonchev–Trinajstić information content (AvgIpc) is 2.76. The van der Waals surface area contributed by atoms with Crippen LogP contribution in [-0.4, -0.2) is 22.2 Å². The summed E-state index contributed by atoms with van der Waals surface area (Å²) in [6.07, 6.45) is 7.61. The van der Waals surface area contributed by atoms with E-state index in [-0.39, 0.29) is 5.75 Å². The lowest BCUT2D eigenvalue weighted by Crippen LogP contribution is -1.99. The number of methoxy groups -OCH3 is 1. The predicted molar refractivity (Wildman–Crippen MR) is 110 cm³/mol. The van der Waals surface area contributed by atoms with Crippen LogP contribution in [0.2, 0.25) is 0 Å². The van der Waals surface area contributed by atoms with Crippen LogP contribution in [0, 0.1) is 0 Å². The van der Waals surface area contributed by atoms with E-state index in [0.29, 0.717) is 6.42 Å². The molecule has 0 aliphatic heterocycles. The lowest BCUT2D eigenvalue weighted by atomic mass is 9.90.